The van der Waals surface area contributed by atoms with E-state index in [1.807, 2.05) is 11.8 Å². The number of amides is 1. The van der Waals surface area contributed by atoms with Crippen molar-refractivity contribution in [2.75, 3.05) is 47.2 Å². The van der Waals surface area contributed by atoms with Gasteiger partial charge in [-0.05, 0) is 79.9 Å². The summed E-state index contributed by atoms with van der Waals surface area (Å²) in [6, 6.07) is 14.1. The number of pyridine rings is 1. The Bertz CT molecular complexity index is 1440. The van der Waals surface area contributed by atoms with Crippen molar-refractivity contribution >= 4 is 44.6 Å². The molecule has 0 saturated carbocycles. The Hall–Kier alpha value is -3.37. The van der Waals surface area contributed by atoms with Crippen molar-refractivity contribution in [1.29, 1.82) is 0 Å². The van der Waals surface area contributed by atoms with Gasteiger partial charge in [0.15, 0.2) is 0 Å². The monoisotopic (exact) mass is 561 g/mol. The molecule has 0 aliphatic carbocycles. The summed E-state index contributed by atoms with van der Waals surface area (Å²) >= 11 is 5.85. The minimum absolute atomic E-state index is 0. The number of benzene rings is 2. The number of anilines is 3. The van der Waals surface area contributed by atoms with Crippen LogP contribution in [0.1, 0.15) is 21.8 Å². The van der Waals surface area contributed by atoms with Gasteiger partial charge in [0.05, 0.1) is 10.6 Å². The first kappa shape index (κ1) is 26.2. The second kappa shape index (κ2) is 10.8. The van der Waals surface area contributed by atoms with E-state index in [0.29, 0.717) is 31.9 Å². The van der Waals surface area contributed by atoms with E-state index in [0.717, 1.165) is 36.3 Å². The van der Waals surface area contributed by atoms with Crippen LogP contribution >= 0.6 is 11.6 Å². The van der Waals surface area contributed by atoms with Gasteiger partial charge < -0.3 is 14.7 Å². The molecule has 8 nitrogen and oxygen atoms in total. The molecule has 38 heavy (non-hydrogen) atoms. The molecule has 0 spiro atoms. The van der Waals surface area contributed by atoms with E-state index in [1.54, 1.807) is 36.4 Å². The van der Waals surface area contributed by atoms with Crippen molar-refractivity contribution < 1.29 is 20.5 Å². The Morgan fingerprint density at radius 1 is 1.05 bits per heavy atom. The van der Waals surface area contributed by atoms with Crippen molar-refractivity contribution in [3.05, 3.63) is 77.3 Å². The van der Waals surface area contributed by atoms with Crippen LogP contribution in [0.15, 0.2) is 65.7 Å². The molecule has 11 heteroatoms. The predicted octanol–water partition coefficient (Wildman–Crippen LogP) is 4.66. The minimum atomic E-state index is -3.77. The molecule has 1 N–H and O–H groups in total. The summed E-state index contributed by atoms with van der Waals surface area (Å²) < 4.78 is 41.7. The SMILES string of the molecule is C[C@H](C(=O)N1CCN(c2ccc(S(=O)(=O)Nc3ccnc(Cl)c3)cc2)CC1)N1CCCc2cc(F)ccc21.[HH].[HH]. The molecule has 204 valence electrons. The van der Waals surface area contributed by atoms with Crippen molar-refractivity contribution in [3.8, 4) is 0 Å². The molecule has 5 rings (SSSR count). The lowest BCUT2D eigenvalue weighted by Gasteiger charge is -2.41. The second-order valence-corrected chi connectivity index (χ2v) is 11.6. The summed E-state index contributed by atoms with van der Waals surface area (Å²) in [6.45, 7) is 5.10. The molecule has 1 saturated heterocycles. The van der Waals surface area contributed by atoms with Crippen LogP contribution in [-0.2, 0) is 21.2 Å². The third-order valence-electron chi connectivity index (χ3n) is 7.10. The molecular formula is C27H33ClFN5O3S. The van der Waals surface area contributed by atoms with Crippen LogP contribution in [0.3, 0.4) is 0 Å². The second-order valence-electron chi connectivity index (χ2n) is 9.52. The van der Waals surface area contributed by atoms with Gasteiger partial charge in [0.2, 0.25) is 5.91 Å². The number of hydrogen-bond donors (Lipinski definition) is 1. The Balaban J connectivity index is 0.00000220. The van der Waals surface area contributed by atoms with Crippen molar-refractivity contribution in [1.82, 2.24) is 9.88 Å². The molecule has 2 aromatic carbocycles. The number of aryl methyl sites for hydroxylation is 1. The van der Waals surface area contributed by atoms with Gasteiger partial charge in [-0.25, -0.2) is 17.8 Å². The molecule has 2 aliphatic rings. The maximum Gasteiger partial charge on any atom is 0.261 e. The highest BCUT2D eigenvalue weighted by Crippen LogP contribution is 2.30. The van der Waals surface area contributed by atoms with Gasteiger partial charge in [0, 0.05) is 53.1 Å². The molecule has 3 aromatic rings. The zero-order chi connectivity index (χ0) is 26.9. The van der Waals surface area contributed by atoms with Crippen molar-refractivity contribution in [3.63, 3.8) is 0 Å². The number of aromatic nitrogens is 1. The fourth-order valence-corrected chi connectivity index (χ4v) is 6.32. The number of halogens is 2. The van der Waals surface area contributed by atoms with Gasteiger partial charge in [-0.3, -0.25) is 9.52 Å². The van der Waals surface area contributed by atoms with E-state index < -0.39 is 10.0 Å². The average molecular weight is 562 g/mol. The van der Waals surface area contributed by atoms with Crippen LogP contribution in [0.5, 0.6) is 0 Å². The molecule has 0 unspecified atom stereocenters. The third kappa shape index (κ3) is 5.56. The lowest BCUT2D eigenvalue weighted by Crippen LogP contribution is -2.55. The first-order valence-electron chi connectivity index (χ1n) is 12.5. The zero-order valence-corrected chi connectivity index (χ0v) is 22.6. The van der Waals surface area contributed by atoms with E-state index in [2.05, 4.69) is 19.5 Å². The fraction of sp³-hybridized carbons (Fsp3) is 0.333. The molecule has 0 bridgehead atoms. The number of sulfonamides is 1. The van der Waals surface area contributed by atoms with Crippen molar-refractivity contribution in [2.45, 2.75) is 30.7 Å². The summed E-state index contributed by atoms with van der Waals surface area (Å²) in [7, 11) is -3.77. The highest BCUT2D eigenvalue weighted by Gasteiger charge is 2.31. The zero-order valence-electron chi connectivity index (χ0n) is 21.0. The first-order valence-corrected chi connectivity index (χ1v) is 14.4. The van der Waals surface area contributed by atoms with E-state index in [9.17, 15) is 17.6 Å². The normalized spacial score (nSPS) is 16.7. The van der Waals surface area contributed by atoms with Gasteiger partial charge in [-0.15, -0.1) is 0 Å². The first-order chi connectivity index (χ1) is 18.2. The van der Waals surface area contributed by atoms with E-state index in [-0.39, 0.29) is 30.7 Å². The van der Waals surface area contributed by atoms with Crippen LogP contribution < -0.4 is 14.5 Å². The standard InChI is InChI=1S/C27H29ClFN5O3S.2H2/c1-19(34-12-2-3-20-17-21(29)4-9-25(20)34)27(35)33-15-13-32(14-16-33)23-5-7-24(8-6-23)38(36,37)31-22-10-11-30-26(28)18-22;;/h4-11,17-19H,2-3,12-16H2,1H3,(H,30,31);2*1H/t19-;;/m1../s1. The van der Waals surface area contributed by atoms with E-state index >= 15 is 0 Å². The van der Waals surface area contributed by atoms with Crippen LogP contribution in [0.2, 0.25) is 5.15 Å². The number of nitrogens with zero attached hydrogens (tertiary/aromatic N) is 4. The van der Waals surface area contributed by atoms with E-state index in [4.69, 9.17) is 11.6 Å². The smallest absolute Gasteiger partial charge is 0.261 e. The predicted molar refractivity (Wildman–Crippen MR) is 151 cm³/mol. The topological polar surface area (TPSA) is 85.8 Å². The Morgan fingerprint density at radius 2 is 1.79 bits per heavy atom. The van der Waals surface area contributed by atoms with Crippen LogP contribution in [-0.4, -0.2) is 63.0 Å². The molecule has 1 fully saturated rings. The molecule has 1 aromatic heterocycles. The largest absolute Gasteiger partial charge is 0.368 e. The summed E-state index contributed by atoms with van der Waals surface area (Å²) in [4.78, 5) is 23.4. The van der Waals surface area contributed by atoms with E-state index in [1.165, 1.54) is 24.4 Å². The van der Waals surface area contributed by atoms with Crippen molar-refractivity contribution in [2.24, 2.45) is 0 Å². The van der Waals surface area contributed by atoms with Gasteiger partial charge in [0.1, 0.15) is 17.0 Å². The molecule has 1 amide bonds. The summed E-state index contributed by atoms with van der Waals surface area (Å²) in [6.07, 6.45) is 3.14. The lowest BCUT2D eigenvalue weighted by atomic mass is 9.99. The lowest BCUT2D eigenvalue weighted by molar-refractivity contribution is -0.132. The summed E-state index contributed by atoms with van der Waals surface area (Å²) in [5.41, 5.74) is 3.12. The minimum Gasteiger partial charge on any atom is -0.368 e. The maximum atomic E-state index is 13.7. The number of carbonyl (C=O) groups is 1. The molecule has 2 aliphatic heterocycles. The maximum absolute atomic E-state index is 13.7. The summed E-state index contributed by atoms with van der Waals surface area (Å²) in [5, 5.41) is 0.198. The molecule has 3 heterocycles. The highest BCUT2D eigenvalue weighted by atomic mass is 35.5. The van der Waals surface area contributed by atoms with Gasteiger partial charge in [0.25, 0.3) is 10.0 Å². The van der Waals surface area contributed by atoms with Gasteiger partial charge in [-0.2, -0.15) is 0 Å². The Morgan fingerprint density at radius 3 is 2.50 bits per heavy atom. The average Bonchev–Trinajstić information content (AvgIpc) is 2.91. The van der Waals surface area contributed by atoms with Crippen LogP contribution in [0.25, 0.3) is 0 Å². The number of fused-ring (bicyclic) bond motifs is 1. The summed E-state index contributed by atoms with van der Waals surface area (Å²) in [5.74, 6) is -0.188. The number of carbonyl (C=O) groups excluding carboxylic acids is 1. The molecular weight excluding hydrogens is 529 g/mol. The quantitative estimate of drug-likeness (QED) is 0.441. The number of nitrogens with one attached hydrogen (secondary N) is 1. The van der Waals surface area contributed by atoms with Crippen LogP contribution in [0, 0.1) is 5.82 Å². The molecule has 1 atom stereocenters. The van der Waals surface area contributed by atoms with Gasteiger partial charge in [-0.1, -0.05) is 11.6 Å². The fourth-order valence-electron chi connectivity index (χ4n) is 5.10. The van der Waals surface area contributed by atoms with Crippen LogP contribution in [0.4, 0.5) is 21.5 Å². The molecule has 0 radical (unpaired) electrons. The number of hydrogen-bond acceptors (Lipinski definition) is 6. The Kier molecular flexibility index (Phi) is 7.45. The number of rotatable bonds is 6. The third-order valence-corrected chi connectivity index (χ3v) is 8.71. The highest BCUT2D eigenvalue weighted by molar-refractivity contribution is 7.92. The van der Waals surface area contributed by atoms with Gasteiger partial charge >= 0.3 is 0 Å². The Labute approximate surface area is 230 Å². The number of piperazine rings is 1.